The number of rotatable bonds is 3. The summed E-state index contributed by atoms with van der Waals surface area (Å²) < 4.78 is 11.5. The Kier molecular flexibility index (Phi) is 4.33. The lowest BCUT2D eigenvalue weighted by atomic mass is 10.0. The predicted molar refractivity (Wildman–Crippen MR) is 92.5 cm³/mol. The van der Waals surface area contributed by atoms with Crippen LogP contribution in [0.4, 0.5) is 11.5 Å². The Balaban J connectivity index is 1.38. The van der Waals surface area contributed by atoms with Crippen molar-refractivity contribution in [2.45, 2.75) is 18.6 Å². The van der Waals surface area contributed by atoms with E-state index in [9.17, 15) is 4.79 Å². The number of nitrogens with one attached hydrogen (secondary N) is 1. The maximum atomic E-state index is 12.2. The Morgan fingerprint density at radius 1 is 1.00 bits per heavy atom. The van der Waals surface area contributed by atoms with E-state index in [1.165, 1.54) is 0 Å². The molecule has 0 bridgehead atoms. The molecule has 2 saturated heterocycles. The number of piperidine rings is 1. The minimum absolute atomic E-state index is 0.268. The predicted octanol–water partition coefficient (Wildman–Crippen LogP) is 2.07. The molecule has 7 heteroatoms. The molecule has 1 aromatic carbocycles. The second-order valence-electron chi connectivity index (χ2n) is 6.19. The van der Waals surface area contributed by atoms with Gasteiger partial charge in [-0.3, -0.25) is 4.79 Å². The van der Waals surface area contributed by atoms with Crippen LogP contribution in [0, 0.1) is 0 Å². The number of ether oxygens (including phenoxy) is 2. The lowest BCUT2D eigenvalue weighted by Gasteiger charge is -2.37. The molecule has 0 unspecified atom stereocenters. The van der Waals surface area contributed by atoms with Crippen molar-refractivity contribution in [2.75, 3.05) is 36.5 Å². The smallest absolute Gasteiger partial charge is 0.276 e. The second kappa shape index (κ2) is 6.78. The summed E-state index contributed by atoms with van der Waals surface area (Å²) in [4.78, 5) is 14.4. The van der Waals surface area contributed by atoms with E-state index in [0.29, 0.717) is 18.9 Å². The Hall–Kier alpha value is -2.51. The Labute approximate surface area is 146 Å². The number of carbonyl (C=O) groups is 1. The first-order valence-electron chi connectivity index (χ1n) is 8.47. The summed E-state index contributed by atoms with van der Waals surface area (Å²) in [6.45, 7) is 2.94. The monoisotopic (exact) mass is 340 g/mol. The van der Waals surface area contributed by atoms with Gasteiger partial charge in [0.15, 0.2) is 17.3 Å². The zero-order valence-electron chi connectivity index (χ0n) is 13.9. The van der Waals surface area contributed by atoms with Crippen molar-refractivity contribution in [3.63, 3.8) is 0 Å². The Morgan fingerprint density at radius 2 is 1.72 bits per heavy atom. The minimum Gasteiger partial charge on any atom is -0.355 e. The number of aromatic nitrogens is 2. The molecule has 1 amide bonds. The zero-order chi connectivity index (χ0) is 17.1. The van der Waals surface area contributed by atoms with Gasteiger partial charge in [0.25, 0.3) is 5.91 Å². The lowest BCUT2D eigenvalue weighted by molar-refractivity contribution is -0.169. The number of carbonyl (C=O) groups excluding carboxylic acids is 1. The van der Waals surface area contributed by atoms with Crippen LogP contribution in [0.2, 0.25) is 0 Å². The van der Waals surface area contributed by atoms with Crippen LogP contribution in [0.3, 0.4) is 0 Å². The van der Waals surface area contributed by atoms with E-state index in [1.807, 2.05) is 36.4 Å². The van der Waals surface area contributed by atoms with Crippen LogP contribution in [0.1, 0.15) is 23.3 Å². The number of hydrogen-bond donors (Lipinski definition) is 1. The number of nitrogens with zero attached hydrogens (tertiary/aromatic N) is 3. The van der Waals surface area contributed by atoms with Crippen LogP contribution in [0.25, 0.3) is 0 Å². The standard InChI is InChI=1S/C18H20N4O3/c23-17(19-14-4-2-1-3-5-14)15-6-7-16(21-20-15)22-10-8-18(9-11-22)24-12-13-25-18/h1-7H,8-13H2,(H,19,23). The highest BCUT2D eigenvalue weighted by Gasteiger charge is 2.40. The molecule has 1 spiro atoms. The summed E-state index contributed by atoms with van der Waals surface area (Å²) in [5.41, 5.74) is 1.03. The molecule has 2 fully saturated rings. The van der Waals surface area contributed by atoms with Gasteiger partial charge in [0, 0.05) is 31.6 Å². The summed E-state index contributed by atoms with van der Waals surface area (Å²) in [5.74, 6) is 0.0964. The fourth-order valence-corrected chi connectivity index (χ4v) is 3.19. The van der Waals surface area contributed by atoms with Gasteiger partial charge in [0.1, 0.15) is 0 Å². The van der Waals surface area contributed by atoms with E-state index in [-0.39, 0.29) is 5.91 Å². The maximum absolute atomic E-state index is 12.2. The number of hydrogen-bond acceptors (Lipinski definition) is 6. The van der Waals surface area contributed by atoms with Gasteiger partial charge in [-0.2, -0.15) is 0 Å². The van der Waals surface area contributed by atoms with E-state index >= 15 is 0 Å². The molecule has 2 aliphatic rings. The minimum atomic E-state index is -0.403. The molecule has 0 atom stereocenters. The summed E-state index contributed by atoms with van der Waals surface area (Å²) in [5, 5.41) is 11.1. The SMILES string of the molecule is O=C(Nc1ccccc1)c1ccc(N2CCC3(CC2)OCCO3)nn1. The number of anilines is 2. The zero-order valence-corrected chi connectivity index (χ0v) is 13.9. The van der Waals surface area contributed by atoms with Crippen molar-refractivity contribution >= 4 is 17.4 Å². The third-order valence-corrected chi connectivity index (χ3v) is 4.58. The second-order valence-corrected chi connectivity index (χ2v) is 6.19. The molecule has 0 aliphatic carbocycles. The Morgan fingerprint density at radius 3 is 2.36 bits per heavy atom. The first kappa shape index (κ1) is 16.0. The van der Waals surface area contributed by atoms with Crippen molar-refractivity contribution < 1.29 is 14.3 Å². The molecule has 4 rings (SSSR count). The third-order valence-electron chi connectivity index (χ3n) is 4.58. The number of benzene rings is 1. The van der Waals surface area contributed by atoms with Gasteiger partial charge >= 0.3 is 0 Å². The van der Waals surface area contributed by atoms with Crippen molar-refractivity contribution in [1.82, 2.24) is 10.2 Å². The van der Waals surface area contributed by atoms with Gasteiger partial charge in [-0.1, -0.05) is 18.2 Å². The van der Waals surface area contributed by atoms with Crippen LogP contribution in [0.15, 0.2) is 42.5 Å². The van der Waals surface area contributed by atoms with Gasteiger partial charge in [-0.05, 0) is 24.3 Å². The maximum Gasteiger partial charge on any atom is 0.276 e. The summed E-state index contributed by atoms with van der Waals surface area (Å²) in [6, 6.07) is 12.8. The highest BCUT2D eigenvalue weighted by atomic mass is 16.7. The topological polar surface area (TPSA) is 76.6 Å². The van der Waals surface area contributed by atoms with Gasteiger partial charge in [0.2, 0.25) is 0 Å². The molecule has 1 aromatic heterocycles. The summed E-state index contributed by atoms with van der Waals surface area (Å²) in [6.07, 6.45) is 1.62. The Bertz CT molecular complexity index is 720. The molecule has 1 N–H and O–H groups in total. The van der Waals surface area contributed by atoms with Gasteiger partial charge < -0.3 is 19.7 Å². The van der Waals surface area contributed by atoms with Gasteiger partial charge in [-0.25, -0.2) is 0 Å². The average Bonchev–Trinajstić information content (AvgIpc) is 3.11. The van der Waals surface area contributed by atoms with Crippen LogP contribution in [-0.4, -0.2) is 48.2 Å². The van der Waals surface area contributed by atoms with Crippen molar-refractivity contribution in [1.29, 1.82) is 0 Å². The molecule has 2 aliphatic heterocycles. The van der Waals surface area contributed by atoms with Crippen LogP contribution in [0.5, 0.6) is 0 Å². The molecule has 3 heterocycles. The van der Waals surface area contributed by atoms with Crippen LogP contribution >= 0.6 is 0 Å². The van der Waals surface area contributed by atoms with Crippen LogP contribution in [-0.2, 0) is 9.47 Å². The fourth-order valence-electron chi connectivity index (χ4n) is 3.19. The largest absolute Gasteiger partial charge is 0.355 e. The quantitative estimate of drug-likeness (QED) is 0.922. The van der Waals surface area contributed by atoms with E-state index in [2.05, 4.69) is 20.4 Å². The number of amides is 1. The fraction of sp³-hybridized carbons (Fsp3) is 0.389. The molecule has 7 nitrogen and oxygen atoms in total. The van der Waals surface area contributed by atoms with E-state index in [1.54, 1.807) is 6.07 Å². The first-order chi connectivity index (χ1) is 12.2. The van der Waals surface area contributed by atoms with E-state index < -0.39 is 5.79 Å². The molecule has 0 saturated carbocycles. The van der Waals surface area contributed by atoms with E-state index in [4.69, 9.17) is 9.47 Å². The first-order valence-corrected chi connectivity index (χ1v) is 8.47. The molecular formula is C18H20N4O3. The number of para-hydroxylation sites is 1. The highest BCUT2D eigenvalue weighted by Crippen LogP contribution is 2.32. The molecule has 0 radical (unpaired) electrons. The summed E-state index contributed by atoms with van der Waals surface area (Å²) >= 11 is 0. The highest BCUT2D eigenvalue weighted by molar-refractivity contribution is 6.02. The van der Waals surface area contributed by atoms with Crippen molar-refractivity contribution in [3.05, 3.63) is 48.2 Å². The van der Waals surface area contributed by atoms with Gasteiger partial charge in [0.05, 0.1) is 13.2 Å². The third kappa shape index (κ3) is 3.47. The normalized spacial score (nSPS) is 19.1. The molecule has 2 aromatic rings. The molecule has 130 valence electrons. The molecule has 25 heavy (non-hydrogen) atoms. The average molecular weight is 340 g/mol. The van der Waals surface area contributed by atoms with Gasteiger partial charge in [-0.15, -0.1) is 10.2 Å². The van der Waals surface area contributed by atoms with Crippen molar-refractivity contribution in [2.24, 2.45) is 0 Å². The lowest BCUT2D eigenvalue weighted by Crippen LogP contribution is -2.45. The molecular weight excluding hydrogens is 320 g/mol. The van der Waals surface area contributed by atoms with Crippen LogP contribution < -0.4 is 10.2 Å². The summed E-state index contributed by atoms with van der Waals surface area (Å²) in [7, 11) is 0. The van der Waals surface area contributed by atoms with Crippen molar-refractivity contribution in [3.8, 4) is 0 Å². The van der Waals surface area contributed by atoms with E-state index in [0.717, 1.165) is 37.4 Å².